The number of carbonyl (C=O) groups excluding carboxylic acids is 3. The van der Waals surface area contributed by atoms with Crippen LogP contribution in [0.4, 0.5) is 4.79 Å². The zero-order valence-corrected chi connectivity index (χ0v) is 24.5. The molecule has 2 aliphatic rings. The van der Waals surface area contributed by atoms with Crippen LogP contribution < -0.4 is 24.8 Å². The molecule has 2 heterocycles. The van der Waals surface area contributed by atoms with Crippen molar-refractivity contribution in [1.82, 2.24) is 20.4 Å². The lowest BCUT2D eigenvalue weighted by Crippen LogP contribution is -2.54. The van der Waals surface area contributed by atoms with Crippen molar-refractivity contribution in [2.24, 2.45) is 0 Å². The molecule has 0 spiro atoms. The van der Waals surface area contributed by atoms with Crippen molar-refractivity contribution in [3.63, 3.8) is 0 Å². The smallest absolute Gasteiger partial charge is 0.331 e. The van der Waals surface area contributed by atoms with E-state index in [0.717, 1.165) is 35.3 Å². The fourth-order valence-electron chi connectivity index (χ4n) is 4.68. The Balaban J connectivity index is 1.57. The van der Waals surface area contributed by atoms with Gasteiger partial charge in [0.05, 0.1) is 7.11 Å². The molecule has 1 fully saturated rings. The van der Waals surface area contributed by atoms with Crippen LogP contribution in [0.25, 0.3) is 6.08 Å². The summed E-state index contributed by atoms with van der Waals surface area (Å²) < 4.78 is 17.0. The Morgan fingerprint density at radius 3 is 2.68 bits per heavy atom. The van der Waals surface area contributed by atoms with Crippen molar-refractivity contribution in [3.8, 4) is 17.2 Å². The molecule has 0 saturated carbocycles. The first-order chi connectivity index (χ1) is 19.8. The van der Waals surface area contributed by atoms with E-state index in [0.29, 0.717) is 53.9 Å². The van der Waals surface area contributed by atoms with Gasteiger partial charge in [0.2, 0.25) is 12.5 Å². The molecule has 2 aromatic carbocycles. The number of hydrogen-bond donors (Lipinski definition) is 2. The standard InChI is InChI=1S/C30H36N4O6S/c1-4-5-6-10-14-34-28(36)23(27(35)32-29(34)37)17-22-21(16-24-26(25(22)38-3)40-19-39-24)13-15-33(2)30(41)31-18-20-11-8-7-9-12-20/h7-9,11-12,16-17H,4-6,10,13-15,18-19H2,1-3H3,(H,31,41)(H,32,35,37). The molecular formula is C30H36N4O6S. The van der Waals surface area contributed by atoms with E-state index in [1.54, 1.807) is 0 Å². The van der Waals surface area contributed by atoms with Gasteiger partial charge in [-0.2, -0.15) is 0 Å². The van der Waals surface area contributed by atoms with Crippen molar-refractivity contribution >= 4 is 41.3 Å². The number of benzene rings is 2. The molecule has 0 aliphatic carbocycles. The maximum absolute atomic E-state index is 13.3. The molecule has 0 unspecified atom stereocenters. The van der Waals surface area contributed by atoms with Crippen molar-refractivity contribution in [2.75, 3.05) is 34.0 Å². The Labute approximate surface area is 245 Å². The molecule has 0 bridgehead atoms. The predicted octanol–water partition coefficient (Wildman–Crippen LogP) is 4.02. The first kappa shape index (κ1) is 29.9. The molecule has 2 N–H and O–H groups in total. The quantitative estimate of drug-likeness (QED) is 0.167. The molecule has 0 aromatic heterocycles. The number of ether oxygens (including phenoxy) is 3. The Bertz CT molecular complexity index is 1330. The average molecular weight is 581 g/mol. The van der Waals surface area contributed by atoms with E-state index in [1.807, 2.05) is 48.3 Å². The van der Waals surface area contributed by atoms with Crippen LogP contribution in [-0.2, 0) is 22.6 Å². The topological polar surface area (TPSA) is 109 Å². The second kappa shape index (κ2) is 14.0. The number of barbiturate groups is 1. The highest BCUT2D eigenvalue weighted by Crippen LogP contribution is 2.46. The molecular weight excluding hydrogens is 544 g/mol. The van der Waals surface area contributed by atoms with E-state index >= 15 is 0 Å². The molecule has 2 aliphatic heterocycles. The highest BCUT2D eigenvalue weighted by molar-refractivity contribution is 7.80. The van der Waals surface area contributed by atoms with Gasteiger partial charge in [0.1, 0.15) is 5.57 Å². The highest BCUT2D eigenvalue weighted by atomic mass is 32.1. The number of likely N-dealkylation sites (N-methyl/N-ethyl adjacent to an activating group) is 1. The summed E-state index contributed by atoms with van der Waals surface area (Å²) in [7, 11) is 3.38. The van der Waals surface area contributed by atoms with Gasteiger partial charge in [-0.1, -0.05) is 56.5 Å². The average Bonchev–Trinajstić information content (AvgIpc) is 3.44. The molecule has 2 aromatic rings. The van der Waals surface area contributed by atoms with E-state index in [1.165, 1.54) is 13.2 Å². The summed E-state index contributed by atoms with van der Waals surface area (Å²) in [5, 5.41) is 6.15. The van der Waals surface area contributed by atoms with Gasteiger partial charge in [0.25, 0.3) is 11.8 Å². The van der Waals surface area contributed by atoms with Crippen LogP contribution in [0.2, 0.25) is 0 Å². The van der Waals surface area contributed by atoms with Crippen LogP contribution in [0.1, 0.15) is 49.3 Å². The SMILES string of the molecule is CCCCCCN1C(=O)NC(=O)C(=Cc2c(CCN(C)C(=S)NCc3ccccc3)cc3c(c2OC)OCO3)C1=O. The number of carbonyl (C=O) groups is 3. The molecule has 4 amide bonds. The number of urea groups is 1. The van der Waals surface area contributed by atoms with E-state index in [2.05, 4.69) is 17.6 Å². The molecule has 11 heteroatoms. The van der Waals surface area contributed by atoms with E-state index < -0.39 is 17.8 Å². The summed E-state index contributed by atoms with van der Waals surface area (Å²) >= 11 is 5.59. The van der Waals surface area contributed by atoms with Crippen molar-refractivity contribution in [2.45, 2.75) is 45.6 Å². The number of methoxy groups -OCH3 is 1. The van der Waals surface area contributed by atoms with Crippen LogP contribution in [0.15, 0.2) is 42.0 Å². The third kappa shape index (κ3) is 7.15. The lowest BCUT2D eigenvalue weighted by molar-refractivity contribution is -0.130. The van der Waals surface area contributed by atoms with Gasteiger partial charge in [-0.3, -0.25) is 19.8 Å². The zero-order valence-electron chi connectivity index (χ0n) is 23.7. The number of nitrogens with zero attached hydrogens (tertiary/aromatic N) is 2. The van der Waals surface area contributed by atoms with Crippen LogP contribution in [-0.4, -0.2) is 66.8 Å². The summed E-state index contributed by atoms with van der Waals surface area (Å²) in [4.78, 5) is 41.7. The lowest BCUT2D eigenvalue weighted by Gasteiger charge is -2.27. The normalized spacial score (nSPS) is 15.2. The van der Waals surface area contributed by atoms with Crippen LogP contribution in [0, 0.1) is 0 Å². The minimum absolute atomic E-state index is 0.0258. The number of unbranched alkanes of at least 4 members (excludes halogenated alkanes) is 3. The third-order valence-corrected chi connectivity index (χ3v) is 7.46. The number of fused-ring (bicyclic) bond motifs is 1. The van der Waals surface area contributed by atoms with Crippen molar-refractivity contribution < 1.29 is 28.6 Å². The van der Waals surface area contributed by atoms with Gasteiger partial charge in [0.15, 0.2) is 16.6 Å². The summed E-state index contributed by atoms with van der Waals surface area (Å²) in [5.74, 6) is -0.128. The number of imide groups is 2. The van der Waals surface area contributed by atoms with Gasteiger partial charge in [0, 0.05) is 32.2 Å². The van der Waals surface area contributed by atoms with Crippen LogP contribution in [0.3, 0.4) is 0 Å². The number of amides is 4. The summed E-state index contributed by atoms with van der Waals surface area (Å²) in [5.41, 5.74) is 2.24. The number of hydrogen-bond acceptors (Lipinski definition) is 7. The highest BCUT2D eigenvalue weighted by Gasteiger charge is 2.36. The summed E-state index contributed by atoms with van der Waals surface area (Å²) in [6.45, 7) is 3.48. The third-order valence-electron chi connectivity index (χ3n) is 7.01. The first-order valence-corrected chi connectivity index (χ1v) is 14.2. The van der Waals surface area contributed by atoms with E-state index in [-0.39, 0.29) is 18.9 Å². The van der Waals surface area contributed by atoms with Gasteiger partial charge in [-0.15, -0.1) is 0 Å². The van der Waals surface area contributed by atoms with E-state index in [9.17, 15) is 14.4 Å². The van der Waals surface area contributed by atoms with Crippen LogP contribution in [0.5, 0.6) is 17.2 Å². The predicted molar refractivity (Wildman–Crippen MR) is 159 cm³/mol. The van der Waals surface area contributed by atoms with Gasteiger partial charge in [-0.05, 0) is 48.3 Å². The summed E-state index contributed by atoms with van der Waals surface area (Å²) in [6.07, 6.45) is 5.55. The molecule has 4 rings (SSSR count). The second-order valence-electron chi connectivity index (χ2n) is 9.87. The number of thiocarbonyl (C=S) groups is 1. The zero-order chi connectivity index (χ0) is 29.4. The monoisotopic (exact) mass is 580 g/mol. The largest absolute Gasteiger partial charge is 0.492 e. The Morgan fingerprint density at radius 1 is 1.17 bits per heavy atom. The molecule has 10 nitrogen and oxygen atoms in total. The molecule has 218 valence electrons. The summed E-state index contributed by atoms with van der Waals surface area (Å²) in [6, 6.07) is 11.1. The molecule has 1 saturated heterocycles. The maximum Gasteiger partial charge on any atom is 0.331 e. The van der Waals surface area contributed by atoms with Gasteiger partial charge >= 0.3 is 6.03 Å². The van der Waals surface area contributed by atoms with Crippen molar-refractivity contribution in [1.29, 1.82) is 0 Å². The van der Waals surface area contributed by atoms with Gasteiger partial charge < -0.3 is 24.4 Å². The Hall–Kier alpha value is -4.12. The fraction of sp³-hybridized carbons (Fsp3) is 0.400. The number of nitrogens with one attached hydrogen (secondary N) is 2. The van der Waals surface area contributed by atoms with E-state index in [4.69, 9.17) is 26.4 Å². The Morgan fingerprint density at radius 2 is 1.95 bits per heavy atom. The number of rotatable bonds is 12. The Kier molecular flexibility index (Phi) is 10.2. The molecule has 0 atom stereocenters. The van der Waals surface area contributed by atoms with Crippen LogP contribution >= 0.6 is 12.2 Å². The lowest BCUT2D eigenvalue weighted by atomic mass is 9.98. The van der Waals surface area contributed by atoms with Crippen molar-refractivity contribution in [3.05, 3.63) is 58.7 Å². The minimum Gasteiger partial charge on any atom is -0.492 e. The minimum atomic E-state index is -0.751. The second-order valence-corrected chi connectivity index (χ2v) is 10.3. The molecule has 41 heavy (non-hydrogen) atoms. The fourth-order valence-corrected chi connectivity index (χ4v) is 4.84. The first-order valence-electron chi connectivity index (χ1n) is 13.7. The maximum atomic E-state index is 13.3. The van der Waals surface area contributed by atoms with Gasteiger partial charge in [-0.25, -0.2) is 4.79 Å². The molecule has 0 radical (unpaired) electrons.